The molecule has 3 aromatic rings. The van der Waals surface area contributed by atoms with Crippen LogP contribution in [0.15, 0.2) is 83.9 Å². The van der Waals surface area contributed by atoms with E-state index in [1.165, 1.54) is 4.90 Å². The lowest BCUT2D eigenvalue weighted by atomic mass is 10.0. The molecule has 0 aromatic heterocycles. The summed E-state index contributed by atoms with van der Waals surface area (Å²) in [5, 5.41) is 3.46. The van der Waals surface area contributed by atoms with Crippen molar-refractivity contribution in [2.75, 3.05) is 30.4 Å². The van der Waals surface area contributed by atoms with Gasteiger partial charge in [-0.3, -0.25) is 14.7 Å². The summed E-state index contributed by atoms with van der Waals surface area (Å²) >= 11 is 6.02. The Hall–Kier alpha value is -3.84. The predicted molar refractivity (Wildman–Crippen MR) is 137 cm³/mol. The highest BCUT2D eigenvalue weighted by atomic mass is 35.5. The van der Waals surface area contributed by atoms with Crippen LogP contribution in [-0.2, 0) is 11.2 Å². The van der Waals surface area contributed by atoms with E-state index >= 15 is 0 Å². The second-order valence-corrected chi connectivity index (χ2v) is 8.52. The number of amides is 3. The summed E-state index contributed by atoms with van der Waals surface area (Å²) < 4.78 is 0. The maximum Gasteiger partial charge on any atom is 0.320 e. The number of nitrogens with two attached hydrogens (primary N) is 1. The zero-order valence-electron chi connectivity index (χ0n) is 18.8. The number of benzene rings is 3. The summed E-state index contributed by atoms with van der Waals surface area (Å²) in [5.74, 6) is 0.586. The molecule has 0 saturated carbocycles. The maximum atomic E-state index is 13.5. The molecule has 4 rings (SSSR count). The van der Waals surface area contributed by atoms with E-state index in [0.29, 0.717) is 16.4 Å². The monoisotopic (exact) mass is 475 g/mol. The molecule has 0 saturated heterocycles. The molecule has 1 atom stereocenters. The number of nitrogens with zero attached hydrogens (tertiary/aromatic N) is 3. The number of carbonyl (C=O) groups excluding carboxylic acids is 2. The van der Waals surface area contributed by atoms with Crippen molar-refractivity contribution < 1.29 is 9.59 Å². The number of rotatable bonds is 7. The first-order valence-electron chi connectivity index (χ1n) is 11.0. The molecule has 1 aliphatic heterocycles. The van der Waals surface area contributed by atoms with Crippen LogP contribution in [0.25, 0.3) is 0 Å². The van der Waals surface area contributed by atoms with Gasteiger partial charge in [0, 0.05) is 42.0 Å². The Morgan fingerprint density at radius 3 is 2.32 bits per heavy atom. The van der Waals surface area contributed by atoms with Crippen molar-refractivity contribution in [3.05, 3.63) is 95.0 Å². The summed E-state index contributed by atoms with van der Waals surface area (Å²) in [6.07, 6.45) is 0.290. The van der Waals surface area contributed by atoms with Gasteiger partial charge in [0.15, 0.2) is 0 Å². The van der Waals surface area contributed by atoms with Crippen LogP contribution in [0.2, 0.25) is 5.02 Å². The van der Waals surface area contributed by atoms with Gasteiger partial charge in [0.1, 0.15) is 11.9 Å². The molecule has 0 spiro atoms. The number of likely N-dealkylation sites (N-methyl/N-ethyl adjacent to an activating group) is 1. The smallest absolute Gasteiger partial charge is 0.320 e. The summed E-state index contributed by atoms with van der Waals surface area (Å²) in [7, 11) is 2.00. The Bertz CT molecular complexity index is 1180. The van der Waals surface area contributed by atoms with Crippen LogP contribution >= 0.6 is 11.6 Å². The number of halogens is 1. The minimum absolute atomic E-state index is 0.290. The number of anilines is 2. The lowest BCUT2D eigenvalue weighted by Crippen LogP contribution is -2.51. The SMILES string of the molecule is CN1CCN=C1c1ccc(NC(=O)C(Cc2ccccc2)N(C(N)=O)c2ccc(Cl)cc2)cc1. The second kappa shape index (κ2) is 10.4. The second-order valence-electron chi connectivity index (χ2n) is 8.08. The van der Waals surface area contributed by atoms with Gasteiger partial charge in [0.05, 0.1) is 6.54 Å². The van der Waals surface area contributed by atoms with Crippen LogP contribution in [0.1, 0.15) is 11.1 Å². The van der Waals surface area contributed by atoms with Crippen LogP contribution < -0.4 is 16.0 Å². The van der Waals surface area contributed by atoms with E-state index in [9.17, 15) is 9.59 Å². The van der Waals surface area contributed by atoms with E-state index < -0.39 is 12.1 Å². The number of hydrogen-bond donors (Lipinski definition) is 2. The number of primary amides is 1. The molecule has 3 N–H and O–H groups in total. The van der Waals surface area contributed by atoms with Gasteiger partial charge in [-0.2, -0.15) is 0 Å². The molecule has 3 amide bonds. The Morgan fingerprint density at radius 1 is 1.06 bits per heavy atom. The van der Waals surface area contributed by atoms with Crippen molar-refractivity contribution >= 4 is 40.7 Å². The van der Waals surface area contributed by atoms with Crippen LogP contribution in [-0.4, -0.2) is 48.9 Å². The van der Waals surface area contributed by atoms with Gasteiger partial charge in [-0.15, -0.1) is 0 Å². The average molecular weight is 476 g/mol. The Balaban J connectivity index is 1.60. The van der Waals surface area contributed by atoms with Gasteiger partial charge in [-0.25, -0.2) is 4.79 Å². The maximum absolute atomic E-state index is 13.5. The molecule has 34 heavy (non-hydrogen) atoms. The highest BCUT2D eigenvalue weighted by molar-refractivity contribution is 6.30. The molecule has 0 bridgehead atoms. The van der Waals surface area contributed by atoms with E-state index in [2.05, 4.69) is 15.2 Å². The van der Waals surface area contributed by atoms with Crippen LogP contribution in [0, 0.1) is 0 Å². The Labute approximate surface area is 203 Å². The first-order valence-corrected chi connectivity index (χ1v) is 11.4. The van der Waals surface area contributed by atoms with E-state index in [0.717, 1.165) is 30.1 Å². The predicted octanol–water partition coefficient (Wildman–Crippen LogP) is 4.17. The fourth-order valence-corrected chi connectivity index (χ4v) is 4.10. The van der Waals surface area contributed by atoms with Crippen molar-refractivity contribution in [3.63, 3.8) is 0 Å². The fourth-order valence-electron chi connectivity index (χ4n) is 3.97. The molecule has 0 fully saturated rings. The quantitative estimate of drug-likeness (QED) is 0.537. The number of amidine groups is 1. The number of nitrogens with one attached hydrogen (secondary N) is 1. The molecule has 3 aromatic carbocycles. The minimum Gasteiger partial charge on any atom is -0.358 e. The zero-order valence-corrected chi connectivity index (χ0v) is 19.6. The van der Waals surface area contributed by atoms with Crippen molar-refractivity contribution in [2.24, 2.45) is 10.7 Å². The van der Waals surface area contributed by atoms with Gasteiger partial charge < -0.3 is 16.0 Å². The summed E-state index contributed by atoms with van der Waals surface area (Å²) in [4.78, 5) is 33.9. The molecule has 1 heterocycles. The van der Waals surface area contributed by atoms with Gasteiger partial charge >= 0.3 is 6.03 Å². The standard InChI is InChI=1S/C26H26ClN5O2/c1-31-16-15-29-24(31)19-7-11-21(12-8-19)30-25(33)23(17-18-5-3-2-4-6-18)32(26(28)34)22-13-9-20(27)10-14-22/h2-14,23H,15-17H2,1H3,(H2,28,34)(H,30,33). The van der Waals surface area contributed by atoms with E-state index in [-0.39, 0.29) is 12.3 Å². The average Bonchev–Trinajstić information content (AvgIpc) is 3.26. The Kier molecular flexibility index (Phi) is 7.13. The van der Waals surface area contributed by atoms with Crippen LogP contribution in [0.3, 0.4) is 0 Å². The van der Waals surface area contributed by atoms with Gasteiger partial charge in [0.25, 0.3) is 0 Å². The third-order valence-corrected chi connectivity index (χ3v) is 5.95. The van der Waals surface area contributed by atoms with Crippen molar-refractivity contribution in [3.8, 4) is 0 Å². The molecular formula is C26H26ClN5O2. The number of carbonyl (C=O) groups is 2. The van der Waals surface area contributed by atoms with Crippen LogP contribution in [0.4, 0.5) is 16.2 Å². The first kappa shape index (κ1) is 23.3. The minimum atomic E-state index is -0.869. The van der Waals surface area contributed by atoms with E-state index in [4.69, 9.17) is 17.3 Å². The van der Waals surface area contributed by atoms with E-state index in [1.54, 1.807) is 24.3 Å². The molecule has 1 aliphatic rings. The fraction of sp³-hybridized carbons (Fsp3) is 0.192. The normalized spacial score (nSPS) is 13.8. The topological polar surface area (TPSA) is 91.0 Å². The molecule has 8 heteroatoms. The van der Waals surface area contributed by atoms with Gasteiger partial charge in [-0.1, -0.05) is 41.9 Å². The molecule has 0 radical (unpaired) electrons. The van der Waals surface area contributed by atoms with Crippen LogP contribution in [0.5, 0.6) is 0 Å². The van der Waals surface area contributed by atoms with Gasteiger partial charge in [0.2, 0.25) is 5.91 Å². The molecule has 0 aliphatic carbocycles. The highest BCUT2D eigenvalue weighted by Crippen LogP contribution is 2.23. The largest absolute Gasteiger partial charge is 0.358 e. The number of aliphatic imine (C=N–C) groups is 1. The summed E-state index contributed by atoms with van der Waals surface area (Å²) in [6.45, 7) is 1.67. The van der Waals surface area contributed by atoms with Crippen molar-refractivity contribution in [2.45, 2.75) is 12.5 Å². The summed E-state index contributed by atoms with van der Waals surface area (Å²) in [5.41, 5.74) is 8.75. The highest BCUT2D eigenvalue weighted by Gasteiger charge is 2.30. The number of hydrogen-bond acceptors (Lipinski definition) is 4. The number of urea groups is 1. The van der Waals surface area contributed by atoms with Gasteiger partial charge in [-0.05, 0) is 54.1 Å². The third-order valence-electron chi connectivity index (χ3n) is 5.70. The van der Waals surface area contributed by atoms with E-state index in [1.807, 2.05) is 61.6 Å². The molecule has 7 nitrogen and oxygen atoms in total. The Morgan fingerprint density at radius 2 is 1.74 bits per heavy atom. The molecule has 1 unspecified atom stereocenters. The van der Waals surface area contributed by atoms with Crippen molar-refractivity contribution in [1.82, 2.24) is 4.90 Å². The first-order chi connectivity index (χ1) is 16.4. The third kappa shape index (κ3) is 5.38. The molecule has 174 valence electrons. The molecular weight excluding hydrogens is 450 g/mol. The lowest BCUT2D eigenvalue weighted by Gasteiger charge is -2.30. The zero-order chi connectivity index (χ0) is 24.1. The summed E-state index contributed by atoms with van der Waals surface area (Å²) in [6, 6.07) is 22.1. The lowest BCUT2D eigenvalue weighted by molar-refractivity contribution is -0.117. The van der Waals surface area contributed by atoms with Crippen molar-refractivity contribution in [1.29, 1.82) is 0 Å².